The highest BCUT2D eigenvalue weighted by atomic mass is 16.6. The van der Waals surface area contributed by atoms with Crippen LogP contribution in [-0.4, -0.2) is 63.9 Å². The molecule has 0 aromatic rings. The summed E-state index contributed by atoms with van der Waals surface area (Å²) in [5, 5.41) is 0. The number of esters is 1. The van der Waals surface area contributed by atoms with Crippen molar-refractivity contribution in [1.82, 2.24) is 0 Å². The standard InChI is InChI=1S/C15H30O6/c1-11(7-17-6)18-8-12(2)19-9-13(3)20-10-14(4)21-15(5)16/h11-14H,7-10H2,1-6H3. The van der Waals surface area contributed by atoms with Gasteiger partial charge in [-0.3, -0.25) is 4.79 Å². The molecule has 0 saturated carbocycles. The highest BCUT2D eigenvalue weighted by molar-refractivity contribution is 5.66. The van der Waals surface area contributed by atoms with E-state index in [0.29, 0.717) is 26.4 Å². The number of methoxy groups -OCH3 is 1. The molecule has 126 valence electrons. The Bertz CT molecular complexity index is 271. The molecule has 0 bridgehead atoms. The van der Waals surface area contributed by atoms with Crippen LogP contribution in [0.3, 0.4) is 0 Å². The van der Waals surface area contributed by atoms with E-state index in [-0.39, 0.29) is 30.4 Å². The molecule has 0 spiro atoms. The Labute approximate surface area is 128 Å². The maximum absolute atomic E-state index is 10.8. The average Bonchev–Trinajstić information content (AvgIpc) is 2.40. The van der Waals surface area contributed by atoms with E-state index in [4.69, 9.17) is 23.7 Å². The number of carbonyl (C=O) groups excluding carboxylic acids is 1. The molecule has 0 aliphatic rings. The lowest BCUT2D eigenvalue weighted by molar-refractivity contribution is -0.150. The van der Waals surface area contributed by atoms with Crippen LogP contribution in [-0.2, 0) is 28.5 Å². The molecule has 0 radical (unpaired) electrons. The summed E-state index contributed by atoms with van der Waals surface area (Å²) in [6, 6.07) is 0. The van der Waals surface area contributed by atoms with Gasteiger partial charge in [0.15, 0.2) is 0 Å². The first-order valence-electron chi connectivity index (χ1n) is 7.36. The largest absolute Gasteiger partial charge is 0.460 e. The summed E-state index contributed by atoms with van der Waals surface area (Å²) in [5.41, 5.74) is 0. The Hall–Kier alpha value is -0.690. The summed E-state index contributed by atoms with van der Waals surface area (Å²) >= 11 is 0. The molecule has 0 saturated heterocycles. The second-order valence-corrected chi connectivity index (χ2v) is 5.31. The van der Waals surface area contributed by atoms with Crippen LogP contribution in [0.4, 0.5) is 0 Å². The molecule has 0 N–H and O–H groups in total. The molecule has 0 aliphatic heterocycles. The van der Waals surface area contributed by atoms with Crippen LogP contribution in [0.1, 0.15) is 34.6 Å². The molecule has 4 atom stereocenters. The van der Waals surface area contributed by atoms with Crippen molar-refractivity contribution in [3.8, 4) is 0 Å². The van der Waals surface area contributed by atoms with Crippen molar-refractivity contribution in [3.05, 3.63) is 0 Å². The van der Waals surface area contributed by atoms with E-state index < -0.39 is 0 Å². The normalized spacial score (nSPS) is 17.0. The first-order chi connectivity index (χ1) is 9.85. The summed E-state index contributed by atoms with van der Waals surface area (Å²) in [6.07, 6.45) is -0.275. The van der Waals surface area contributed by atoms with Gasteiger partial charge in [-0.05, 0) is 27.7 Å². The van der Waals surface area contributed by atoms with Crippen LogP contribution in [0, 0.1) is 0 Å². The summed E-state index contributed by atoms with van der Waals surface area (Å²) in [5.74, 6) is -0.300. The van der Waals surface area contributed by atoms with Crippen molar-refractivity contribution in [2.75, 3.05) is 33.5 Å². The van der Waals surface area contributed by atoms with Gasteiger partial charge in [0.05, 0.1) is 44.7 Å². The van der Waals surface area contributed by atoms with Crippen molar-refractivity contribution >= 4 is 5.97 Å². The summed E-state index contributed by atoms with van der Waals surface area (Å²) < 4.78 is 26.7. The van der Waals surface area contributed by atoms with E-state index in [1.54, 1.807) is 14.0 Å². The minimum atomic E-state index is -0.300. The molecule has 0 aliphatic carbocycles. The molecule has 6 heteroatoms. The zero-order valence-electron chi connectivity index (χ0n) is 14.1. The third-order valence-electron chi connectivity index (χ3n) is 2.61. The smallest absolute Gasteiger partial charge is 0.302 e. The van der Waals surface area contributed by atoms with Crippen LogP contribution in [0.25, 0.3) is 0 Å². The molecular weight excluding hydrogens is 276 g/mol. The predicted molar refractivity (Wildman–Crippen MR) is 79.3 cm³/mol. The molecule has 21 heavy (non-hydrogen) atoms. The zero-order valence-corrected chi connectivity index (χ0v) is 14.1. The van der Waals surface area contributed by atoms with E-state index >= 15 is 0 Å². The Morgan fingerprint density at radius 1 is 0.762 bits per heavy atom. The van der Waals surface area contributed by atoms with Crippen LogP contribution in [0.5, 0.6) is 0 Å². The second kappa shape index (κ2) is 11.9. The van der Waals surface area contributed by atoms with Crippen molar-refractivity contribution in [1.29, 1.82) is 0 Å². The monoisotopic (exact) mass is 306 g/mol. The Balaban J connectivity index is 3.67. The van der Waals surface area contributed by atoms with Gasteiger partial charge >= 0.3 is 5.97 Å². The van der Waals surface area contributed by atoms with Crippen LogP contribution < -0.4 is 0 Å². The highest BCUT2D eigenvalue weighted by Gasteiger charge is 2.12. The number of hydrogen-bond acceptors (Lipinski definition) is 6. The van der Waals surface area contributed by atoms with Gasteiger partial charge in [-0.1, -0.05) is 0 Å². The number of hydrogen-bond donors (Lipinski definition) is 0. The molecule has 0 rings (SSSR count). The minimum Gasteiger partial charge on any atom is -0.460 e. The van der Waals surface area contributed by atoms with Crippen molar-refractivity contribution in [3.63, 3.8) is 0 Å². The summed E-state index contributed by atoms with van der Waals surface area (Å²) in [4.78, 5) is 10.8. The predicted octanol–water partition coefficient (Wildman–Crippen LogP) is 1.80. The van der Waals surface area contributed by atoms with E-state index in [9.17, 15) is 4.79 Å². The first kappa shape index (κ1) is 20.3. The van der Waals surface area contributed by atoms with Gasteiger partial charge in [0.25, 0.3) is 0 Å². The van der Waals surface area contributed by atoms with Crippen LogP contribution in [0.2, 0.25) is 0 Å². The molecular formula is C15H30O6. The quantitative estimate of drug-likeness (QED) is 0.512. The summed E-state index contributed by atoms with van der Waals surface area (Å²) in [7, 11) is 1.65. The van der Waals surface area contributed by atoms with Crippen LogP contribution in [0.15, 0.2) is 0 Å². The van der Waals surface area contributed by atoms with Crippen molar-refractivity contribution in [2.24, 2.45) is 0 Å². The summed E-state index contributed by atoms with van der Waals surface area (Å²) in [6.45, 7) is 10.9. The SMILES string of the molecule is COCC(C)OCC(C)OCC(C)OCC(C)OC(C)=O. The molecule has 0 aromatic carbocycles. The van der Waals surface area contributed by atoms with Crippen molar-refractivity contribution < 1.29 is 28.5 Å². The fraction of sp³-hybridized carbons (Fsp3) is 0.933. The molecule has 0 heterocycles. The molecule has 0 amide bonds. The highest BCUT2D eigenvalue weighted by Crippen LogP contribution is 2.02. The second-order valence-electron chi connectivity index (χ2n) is 5.31. The topological polar surface area (TPSA) is 63.2 Å². The Morgan fingerprint density at radius 3 is 1.52 bits per heavy atom. The fourth-order valence-electron chi connectivity index (χ4n) is 1.60. The third kappa shape index (κ3) is 12.7. The average molecular weight is 306 g/mol. The molecule has 0 fully saturated rings. The first-order valence-corrected chi connectivity index (χ1v) is 7.36. The lowest BCUT2D eigenvalue weighted by Gasteiger charge is -2.20. The van der Waals surface area contributed by atoms with E-state index in [2.05, 4.69) is 0 Å². The van der Waals surface area contributed by atoms with E-state index in [1.165, 1.54) is 6.92 Å². The lowest BCUT2D eigenvalue weighted by atomic mass is 10.3. The molecule has 4 unspecified atom stereocenters. The maximum atomic E-state index is 10.8. The van der Waals surface area contributed by atoms with Crippen molar-refractivity contribution in [2.45, 2.75) is 59.0 Å². The fourth-order valence-corrected chi connectivity index (χ4v) is 1.60. The molecule has 0 aromatic heterocycles. The number of ether oxygens (including phenoxy) is 5. The van der Waals surface area contributed by atoms with E-state index in [1.807, 2.05) is 20.8 Å². The van der Waals surface area contributed by atoms with Crippen LogP contribution >= 0.6 is 0 Å². The van der Waals surface area contributed by atoms with Gasteiger partial charge < -0.3 is 23.7 Å². The van der Waals surface area contributed by atoms with E-state index in [0.717, 1.165) is 0 Å². The van der Waals surface area contributed by atoms with Gasteiger partial charge in [0, 0.05) is 14.0 Å². The van der Waals surface area contributed by atoms with Gasteiger partial charge in [-0.15, -0.1) is 0 Å². The van der Waals surface area contributed by atoms with Gasteiger partial charge in [-0.25, -0.2) is 0 Å². The Morgan fingerprint density at radius 2 is 1.14 bits per heavy atom. The number of rotatable bonds is 12. The van der Waals surface area contributed by atoms with Gasteiger partial charge in [-0.2, -0.15) is 0 Å². The zero-order chi connectivity index (χ0) is 16.3. The lowest BCUT2D eigenvalue weighted by Crippen LogP contribution is -2.28. The Kier molecular flexibility index (Phi) is 11.5. The molecule has 6 nitrogen and oxygen atoms in total. The minimum absolute atomic E-state index is 0.0127. The van der Waals surface area contributed by atoms with Gasteiger partial charge in [0.2, 0.25) is 0 Å². The third-order valence-corrected chi connectivity index (χ3v) is 2.61. The van der Waals surface area contributed by atoms with Gasteiger partial charge in [0.1, 0.15) is 6.10 Å². The maximum Gasteiger partial charge on any atom is 0.302 e. The number of carbonyl (C=O) groups is 1.